The highest BCUT2D eigenvalue weighted by atomic mass is 32.1. The van der Waals surface area contributed by atoms with E-state index in [0.29, 0.717) is 10.7 Å². The molecule has 0 atom stereocenters. The summed E-state index contributed by atoms with van der Waals surface area (Å²) in [4.78, 5) is 37.7. The van der Waals surface area contributed by atoms with Crippen LogP contribution in [-0.4, -0.2) is 26.8 Å². The summed E-state index contributed by atoms with van der Waals surface area (Å²) in [7, 11) is 0. The zero-order chi connectivity index (χ0) is 21.1. The number of amides is 2. The van der Waals surface area contributed by atoms with Crippen molar-refractivity contribution in [2.45, 2.75) is 13.5 Å². The molecule has 0 fully saturated rings. The van der Waals surface area contributed by atoms with E-state index in [2.05, 4.69) is 25.6 Å². The second-order valence-electron chi connectivity index (χ2n) is 6.51. The molecule has 0 aliphatic rings. The third kappa shape index (κ3) is 4.31. The molecule has 0 saturated heterocycles. The highest BCUT2D eigenvalue weighted by Crippen LogP contribution is 2.27. The molecule has 2 N–H and O–H groups in total. The Morgan fingerprint density at radius 1 is 1.00 bits per heavy atom. The van der Waals surface area contributed by atoms with Crippen molar-refractivity contribution in [2.24, 2.45) is 0 Å². The lowest BCUT2D eigenvalue weighted by Crippen LogP contribution is -2.28. The van der Waals surface area contributed by atoms with E-state index in [-0.39, 0.29) is 23.7 Å². The van der Waals surface area contributed by atoms with Gasteiger partial charge in [-0.15, -0.1) is 0 Å². The van der Waals surface area contributed by atoms with E-state index in [1.165, 1.54) is 35.9 Å². The van der Waals surface area contributed by atoms with E-state index in [1.54, 1.807) is 12.1 Å². The molecule has 0 radical (unpaired) electrons. The quantitative estimate of drug-likeness (QED) is 0.512. The maximum absolute atomic E-state index is 13.0. The summed E-state index contributed by atoms with van der Waals surface area (Å²) in [5.41, 5.74) is 2.37. The first-order valence-electron chi connectivity index (χ1n) is 9.02. The maximum Gasteiger partial charge on any atom is 0.278 e. The molecule has 4 rings (SSSR count). The number of benzene rings is 2. The molecule has 2 heterocycles. The Hall–Kier alpha value is -3.72. The molecule has 0 aliphatic carbocycles. The Morgan fingerprint density at radius 2 is 1.70 bits per heavy atom. The summed E-state index contributed by atoms with van der Waals surface area (Å²) in [5, 5.41) is 5.76. The molecule has 7 nitrogen and oxygen atoms in total. The number of thiazole rings is 1. The summed E-state index contributed by atoms with van der Waals surface area (Å²) in [6, 6.07) is 11.6. The van der Waals surface area contributed by atoms with Crippen molar-refractivity contribution in [3.8, 4) is 0 Å². The SMILES string of the molecule is Cc1ccc2nc(NC(=O)c3nccnc3C(=O)NCc3ccc(F)cc3)sc2c1. The average molecular weight is 421 g/mol. The van der Waals surface area contributed by atoms with E-state index in [0.717, 1.165) is 15.8 Å². The Labute approximate surface area is 175 Å². The van der Waals surface area contributed by atoms with Gasteiger partial charge in [0, 0.05) is 18.9 Å². The minimum atomic E-state index is -0.578. The minimum Gasteiger partial charge on any atom is -0.347 e. The number of aromatic nitrogens is 3. The first kappa shape index (κ1) is 19.6. The van der Waals surface area contributed by atoms with Crippen molar-refractivity contribution in [1.82, 2.24) is 20.3 Å². The van der Waals surface area contributed by atoms with Crippen LogP contribution >= 0.6 is 11.3 Å². The monoisotopic (exact) mass is 421 g/mol. The Balaban J connectivity index is 1.50. The van der Waals surface area contributed by atoms with Crippen LogP contribution in [0.3, 0.4) is 0 Å². The Bertz CT molecular complexity index is 1240. The van der Waals surface area contributed by atoms with Gasteiger partial charge in [-0.3, -0.25) is 14.9 Å². The molecule has 0 aliphatic heterocycles. The van der Waals surface area contributed by atoms with Gasteiger partial charge in [0.05, 0.1) is 10.2 Å². The zero-order valence-electron chi connectivity index (χ0n) is 15.8. The smallest absolute Gasteiger partial charge is 0.278 e. The fraction of sp³-hybridized carbons (Fsp3) is 0.0952. The van der Waals surface area contributed by atoms with Crippen molar-refractivity contribution < 1.29 is 14.0 Å². The van der Waals surface area contributed by atoms with Gasteiger partial charge in [-0.25, -0.2) is 19.3 Å². The summed E-state index contributed by atoms with van der Waals surface area (Å²) >= 11 is 1.33. The fourth-order valence-corrected chi connectivity index (χ4v) is 3.74. The van der Waals surface area contributed by atoms with Gasteiger partial charge >= 0.3 is 0 Å². The van der Waals surface area contributed by atoms with Crippen LogP contribution < -0.4 is 10.6 Å². The number of hydrogen-bond acceptors (Lipinski definition) is 6. The molecule has 0 bridgehead atoms. The van der Waals surface area contributed by atoms with Crippen molar-refractivity contribution in [2.75, 3.05) is 5.32 Å². The molecule has 0 unspecified atom stereocenters. The van der Waals surface area contributed by atoms with Gasteiger partial charge < -0.3 is 5.32 Å². The third-order valence-electron chi connectivity index (χ3n) is 4.26. The average Bonchev–Trinajstić information content (AvgIpc) is 3.14. The van der Waals surface area contributed by atoms with Gasteiger partial charge in [0.25, 0.3) is 11.8 Å². The largest absolute Gasteiger partial charge is 0.347 e. The first-order chi connectivity index (χ1) is 14.5. The predicted molar refractivity (Wildman–Crippen MR) is 112 cm³/mol. The van der Waals surface area contributed by atoms with Crippen molar-refractivity contribution >= 4 is 38.5 Å². The Kier molecular flexibility index (Phi) is 5.44. The summed E-state index contributed by atoms with van der Waals surface area (Å²) in [6.45, 7) is 2.14. The van der Waals surface area contributed by atoms with Gasteiger partial charge in [-0.05, 0) is 42.3 Å². The number of anilines is 1. The number of halogens is 1. The molecule has 0 spiro atoms. The highest BCUT2D eigenvalue weighted by molar-refractivity contribution is 7.22. The lowest BCUT2D eigenvalue weighted by molar-refractivity contribution is 0.0931. The molecule has 9 heteroatoms. The van der Waals surface area contributed by atoms with Crippen LogP contribution in [0.4, 0.5) is 9.52 Å². The van der Waals surface area contributed by atoms with Crippen molar-refractivity contribution in [3.63, 3.8) is 0 Å². The number of rotatable bonds is 5. The van der Waals surface area contributed by atoms with Crippen LogP contribution in [0.25, 0.3) is 10.2 Å². The van der Waals surface area contributed by atoms with E-state index >= 15 is 0 Å². The third-order valence-corrected chi connectivity index (χ3v) is 5.19. The lowest BCUT2D eigenvalue weighted by Gasteiger charge is -2.08. The van der Waals surface area contributed by atoms with E-state index < -0.39 is 11.8 Å². The van der Waals surface area contributed by atoms with Gasteiger partial charge in [0.1, 0.15) is 5.82 Å². The zero-order valence-corrected chi connectivity index (χ0v) is 16.7. The second kappa shape index (κ2) is 8.34. The molecular formula is C21H16FN5O2S. The second-order valence-corrected chi connectivity index (χ2v) is 7.54. The number of carbonyl (C=O) groups is 2. The number of hydrogen-bond donors (Lipinski definition) is 2. The maximum atomic E-state index is 13.0. The van der Waals surface area contributed by atoms with E-state index in [4.69, 9.17) is 0 Å². The van der Waals surface area contributed by atoms with Crippen LogP contribution in [0.2, 0.25) is 0 Å². The molecule has 2 aromatic heterocycles. The number of nitrogens with one attached hydrogen (secondary N) is 2. The summed E-state index contributed by atoms with van der Waals surface area (Å²) in [6.07, 6.45) is 2.68. The summed E-state index contributed by atoms with van der Waals surface area (Å²) < 4.78 is 14.0. The van der Waals surface area contributed by atoms with Crippen molar-refractivity contribution in [1.29, 1.82) is 0 Å². The minimum absolute atomic E-state index is 0.103. The number of nitrogens with zero attached hydrogens (tertiary/aromatic N) is 3. The van der Waals surface area contributed by atoms with Gasteiger partial charge in [0.15, 0.2) is 16.5 Å². The first-order valence-corrected chi connectivity index (χ1v) is 9.83. The molecule has 0 saturated carbocycles. The topological polar surface area (TPSA) is 96.9 Å². The molecule has 4 aromatic rings. The standard InChI is InChI=1S/C21H16FN5O2S/c1-12-2-7-15-16(10-12)30-21(26-15)27-20(29)18-17(23-8-9-24-18)19(28)25-11-13-3-5-14(22)6-4-13/h2-10H,11H2,1H3,(H,25,28)(H,26,27,29). The molecule has 30 heavy (non-hydrogen) atoms. The number of carbonyl (C=O) groups excluding carboxylic acids is 2. The number of aryl methyl sites for hydroxylation is 1. The van der Waals surface area contributed by atoms with Crippen LogP contribution in [0.5, 0.6) is 0 Å². The van der Waals surface area contributed by atoms with E-state index in [1.807, 2.05) is 25.1 Å². The van der Waals surface area contributed by atoms with Crippen LogP contribution in [0.15, 0.2) is 54.9 Å². The van der Waals surface area contributed by atoms with E-state index in [9.17, 15) is 14.0 Å². The predicted octanol–water partition coefficient (Wildman–Crippen LogP) is 3.72. The summed E-state index contributed by atoms with van der Waals surface area (Å²) in [5.74, 6) is -1.49. The molecule has 2 amide bonds. The lowest BCUT2D eigenvalue weighted by atomic mass is 10.2. The Morgan fingerprint density at radius 3 is 2.43 bits per heavy atom. The van der Waals surface area contributed by atoms with Crippen LogP contribution in [-0.2, 0) is 6.54 Å². The van der Waals surface area contributed by atoms with Gasteiger partial charge in [0.2, 0.25) is 0 Å². The van der Waals surface area contributed by atoms with Gasteiger partial charge in [-0.2, -0.15) is 0 Å². The van der Waals surface area contributed by atoms with Crippen molar-refractivity contribution in [3.05, 3.63) is 83.2 Å². The van der Waals surface area contributed by atoms with Crippen LogP contribution in [0, 0.1) is 12.7 Å². The fourth-order valence-electron chi connectivity index (χ4n) is 2.78. The van der Waals surface area contributed by atoms with Crippen LogP contribution in [0.1, 0.15) is 32.1 Å². The highest BCUT2D eigenvalue weighted by Gasteiger charge is 2.21. The molecule has 2 aromatic carbocycles. The number of fused-ring (bicyclic) bond motifs is 1. The van der Waals surface area contributed by atoms with Gasteiger partial charge in [-0.1, -0.05) is 29.5 Å². The molecular weight excluding hydrogens is 405 g/mol. The molecule has 150 valence electrons. The normalized spacial score (nSPS) is 10.7.